The second kappa shape index (κ2) is 6.53. The van der Waals surface area contributed by atoms with Gasteiger partial charge in [0.25, 0.3) is 0 Å². The number of aliphatic imine (C=N–C) groups is 1. The molecule has 0 aliphatic heterocycles. The average Bonchev–Trinajstić information content (AvgIpc) is 1.99. The topological polar surface area (TPSA) is 73.5 Å². The van der Waals surface area contributed by atoms with Crippen molar-refractivity contribution in [3.63, 3.8) is 0 Å². The Hall–Kier alpha value is -0.940. The molecule has 1 unspecified atom stereocenters. The zero-order valence-corrected chi connectivity index (χ0v) is 10.5. The SMILES string of the molecule is C=C(C)/C=C(\N=C(/N)NC(C)C)[S+](C)[O-]. The molecule has 15 heavy (non-hydrogen) atoms. The van der Waals surface area contributed by atoms with Gasteiger partial charge in [-0.1, -0.05) is 12.2 Å². The molecule has 0 aromatic carbocycles. The molecular weight excluding hydrogens is 210 g/mol. The average molecular weight is 229 g/mol. The summed E-state index contributed by atoms with van der Waals surface area (Å²) in [6.07, 6.45) is 3.21. The largest absolute Gasteiger partial charge is 0.610 e. The summed E-state index contributed by atoms with van der Waals surface area (Å²) in [5.41, 5.74) is 6.42. The normalized spacial score (nSPS) is 15.3. The van der Waals surface area contributed by atoms with Crippen LogP contribution < -0.4 is 11.1 Å². The summed E-state index contributed by atoms with van der Waals surface area (Å²) in [6, 6.07) is 0.199. The number of guanidine groups is 1. The van der Waals surface area contributed by atoms with Crippen LogP contribution in [0.25, 0.3) is 0 Å². The summed E-state index contributed by atoms with van der Waals surface area (Å²) in [4.78, 5) is 4.04. The Bertz CT molecular complexity index is 282. The Labute approximate surface area is 94.5 Å². The fourth-order valence-electron chi connectivity index (χ4n) is 0.837. The number of nitrogens with two attached hydrogens (primary N) is 1. The number of nitrogens with zero attached hydrogens (tertiary/aromatic N) is 1. The van der Waals surface area contributed by atoms with Gasteiger partial charge in [-0.15, -0.1) is 0 Å². The Morgan fingerprint density at radius 3 is 2.47 bits per heavy atom. The lowest BCUT2D eigenvalue weighted by Crippen LogP contribution is -2.36. The number of hydrogen-bond acceptors (Lipinski definition) is 2. The van der Waals surface area contributed by atoms with Crippen molar-refractivity contribution < 1.29 is 4.55 Å². The zero-order valence-electron chi connectivity index (χ0n) is 9.70. The Kier molecular flexibility index (Phi) is 6.12. The van der Waals surface area contributed by atoms with E-state index in [-0.39, 0.29) is 12.0 Å². The standard InChI is InChI=1S/C10H19N3OS/c1-7(2)6-9(15(5)14)13-10(11)12-8(3)4/h6,8H,1H2,2-5H3,(H3,11,12,13)/b9-6+. The molecule has 5 heteroatoms. The van der Waals surface area contributed by atoms with Crippen LogP contribution >= 0.6 is 0 Å². The van der Waals surface area contributed by atoms with Gasteiger partial charge in [-0.05, 0) is 20.8 Å². The maximum absolute atomic E-state index is 11.3. The third-order valence-electron chi connectivity index (χ3n) is 1.33. The predicted molar refractivity (Wildman–Crippen MR) is 66.9 cm³/mol. The van der Waals surface area contributed by atoms with Gasteiger partial charge in [0.15, 0.2) is 5.96 Å². The second-order valence-corrected chi connectivity index (χ2v) is 4.91. The third-order valence-corrected chi connectivity index (χ3v) is 2.13. The lowest BCUT2D eigenvalue weighted by Gasteiger charge is -2.10. The molecule has 0 aromatic rings. The van der Waals surface area contributed by atoms with Gasteiger partial charge in [-0.2, -0.15) is 4.99 Å². The van der Waals surface area contributed by atoms with Crippen LogP contribution in [0.4, 0.5) is 0 Å². The van der Waals surface area contributed by atoms with Gasteiger partial charge >= 0.3 is 0 Å². The van der Waals surface area contributed by atoms with Crippen molar-refractivity contribution in [2.75, 3.05) is 6.26 Å². The minimum atomic E-state index is -1.17. The summed E-state index contributed by atoms with van der Waals surface area (Å²) in [5.74, 6) is 0.271. The van der Waals surface area contributed by atoms with Crippen LogP contribution in [0.5, 0.6) is 0 Å². The molecule has 86 valence electrons. The number of nitrogens with one attached hydrogen (secondary N) is 1. The van der Waals surface area contributed by atoms with Crippen LogP contribution in [0.15, 0.2) is 28.2 Å². The molecule has 0 aromatic heterocycles. The van der Waals surface area contributed by atoms with Crippen molar-refractivity contribution in [3.05, 3.63) is 23.3 Å². The summed E-state index contributed by atoms with van der Waals surface area (Å²) >= 11 is -1.17. The van der Waals surface area contributed by atoms with Crippen LogP contribution in [-0.2, 0) is 11.2 Å². The van der Waals surface area contributed by atoms with E-state index >= 15 is 0 Å². The highest BCUT2D eigenvalue weighted by Gasteiger charge is 2.08. The molecule has 0 saturated heterocycles. The molecule has 0 aliphatic rings. The van der Waals surface area contributed by atoms with E-state index in [2.05, 4.69) is 16.9 Å². The van der Waals surface area contributed by atoms with E-state index in [1.807, 2.05) is 20.8 Å². The lowest BCUT2D eigenvalue weighted by molar-refractivity contribution is 0.606. The van der Waals surface area contributed by atoms with E-state index in [4.69, 9.17) is 5.73 Å². The maximum atomic E-state index is 11.3. The smallest absolute Gasteiger partial charge is 0.247 e. The molecule has 0 rings (SSSR count). The van der Waals surface area contributed by atoms with Crippen LogP contribution in [0, 0.1) is 0 Å². The fourth-order valence-corrected chi connectivity index (χ4v) is 1.43. The van der Waals surface area contributed by atoms with Gasteiger partial charge in [-0.3, -0.25) is 0 Å². The van der Waals surface area contributed by atoms with Gasteiger partial charge in [-0.25, -0.2) is 0 Å². The van der Waals surface area contributed by atoms with Crippen molar-refractivity contribution in [3.8, 4) is 0 Å². The minimum absolute atomic E-state index is 0.199. The molecule has 0 fully saturated rings. The molecule has 0 saturated carbocycles. The van der Waals surface area contributed by atoms with Crippen molar-refractivity contribution in [2.24, 2.45) is 10.7 Å². The summed E-state index contributed by atoms with van der Waals surface area (Å²) in [6.45, 7) is 9.42. The maximum Gasteiger partial charge on any atom is 0.247 e. The summed E-state index contributed by atoms with van der Waals surface area (Å²) < 4.78 is 11.3. The molecule has 3 N–H and O–H groups in total. The lowest BCUT2D eigenvalue weighted by atomic mass is 10.3. The van der Waals surface area contributed by atoms with E-state index in [1.54, 1.807) is 12.3 Å². The van der Waals surface area contributed by atoms with E-state index in [9.17, 15) is 4.55 Å². The third kappa shape index (κ3) is 7.04. The number of hydrogen-bond donors (Lipinski definition) is 2. The van der Waals surface area contributed by atoms with Gasteiger partial charge in [0.1, 0.15) is 6.26 Å². The van der Waals surface area contributed by atoms with Crippen molar-refractivity contribution in [2.45, 2.75) is 26.8 Å². The van der Waals surface area contributed by atoms with Gasteiger partial charge < -0.3 is 15.6 Å². The highest BCUT2D eigenvalue weighted by Crippen LogP contribution is 2.09. The first kappa shape index (κ1) is 14.1. The molecule has 0 aliphatic carbocycles. The Balaban J connectivity index is 4.74. The highest BCUT2D eigenvalue weighted by molar-refractivity contribution is 7.94. The molecular formula is C10H19N3OS. The molecule has 0 spiro atoms. The van der Waals surface area contributed by atoms with Crippen LogP contribution in [0.3, 0.4) is 0 Å². The minimum Gasteiger partial charge on any atom is -0.610 e. The molecule has 0 bridgehead atoms. The van der Waals surface area contributed by atoms with E-state index in [1.165, 1.54) is 0 Å². The summed E-state index contributed by atoms with van der Waals surface area (Å²) in [7, 11) is 0. The summed E-state index contributed by atoms with van der Waals surface area (Å²) in [5, 5.41) is 3.35. The van der Waals surface area contributed by atoms with E-state index in [0.717, 1.165) is 5.57 Å². The van der Waals surface area contributed by atoms with E-state index in [0.29, 0.717) is 5.03 Å². The molecule has 4 nitrogen and oxygen atoms in total. The quantitative estimate of drug-likeness (QED) is 0.328. The molecule has 0 heterocycles. The molecule has 1 atom stereocenters. The van der Waals surface area contributed by atoms with Crippen molar-refractivity contribution in [1.82, 2.24) is 5.32 Å². The number of allylic oxidation sites excluding steroid dienone is 2. The van der Waals surface area contributed by atoms with Crippen LogP contribution in [0.2, 0.25) is 0 Å². The second-order valence-electron chi connectivity index (χ2n) is 3.58. The first-order valence-electron chi connectivity index (χ1n) is 4.64. The Morgan fingerprint density at radius 2 is 2.13 bits per heavy atom. The van der Waals surface area contributed by atoms with Crippen LogP contribution in [-0.4, -0.2) is 22.8 Å². The van der Waals surface area contributed by atoms with Crippen LogP contribution in [0.1, 0.15) is 20.8 Å². The fraction of sp³-hybridized carbons (Fsp3) is 0.500. The monoisotopic (exact) mass is 229 g/mol. The molecule has 0 amide bonds. The van der Waals surface area contributed by atoms with Crippen molar-refractivity contribution in [1.29, 1.82) is 0 Å². The Morgan fingerprint density at radius 1 is 1.60 bits per heavy atom. The van der Waals surface area contributed by atoms with Crippen molar-refractivity contribution >= 4 is 17.1 Å². The molecule has 0 radical (unpaired) electrons. The van der Waals surface area contributed by atoms with E-state index < -0.39 is 11.2 Å². The van der Waals surface area contributed by atoms with Gasteiger partial charge in [0, 0.05) is 23.3 Å². The van der Waals surface area contributed by atoms with Gasteiger partial charge in [0.2, 0.25) is 5.03 Å². The predicted octanol–water partition coefficient (Wildman–Crippen LogP) is 1.10. The number of rotatable bonds is 4. The first-order valence-corrected chi connectivity index (χ1v) is 6.20. The first-order chi connectivity index (χ1) is 6.82. The zero-order chi connectivity index (χ0) is 12.0. The highest BCUT2D eigenvalue weighted by atomic mass is 32.2. The van der Waals surface area contributed by atoms with Gasteiger partial charge in [0.05, 0.1) is 0 Å².